The van der Waals surface area contributed by atoms with Crippen LogP contribution in [0, 0.1) is 0 Å². The van der Waals surface area contributed by atoms with Crippen LogP contribution in [0.3, 0.4) is 0 Å². The van der Waals surface area contributed by atoms with E-state index < -0.39 is 0 Å². The number of halogens is 1. The first-order valence-corrected chi connectivity index (χ1v) is 5.79. The summed E-state index contributed by atoms with van der Waals surface area (Å²) in [5.41, 5.74) is 6.92. The van der Waals surface area contributed by atoms with Gasteiger partial charge in [0.25, 0.3) is 0 Å². The number of rotatable bonds is 1. The zero-order valence-corrected chi connectivity index (χ0v) is 11.3. The predicted octanol–water partition coefficient (Wildman–Crippen LogP) is 3.07. The molecular weight excluding hydrogens is 238 g/mol. The zero-order chi connectivity index (χ0) is 11.7. The van der Waals surface area contributed by atoms with Crippen molar-refractivity contribution in [2.24, 2.45) is 5.73 Å². The Hall–Kier alpha value is -0.930. The maximum atomic E-state index is 5.85. The Morgan fingerprint density at radius 1 is 1.18 bits per heavy atom. The predicted molar refractivity (Wildman–Crippen MR) is 71.1 cm³/mol. The van der Waals surface area contributed by atoms with Gasteiger partial charge in [-0.3, -0.25) is 0 Å². The van der Waals surface area contributed by atoms with Gasteiger partial charge in [0.05, 0.1) is 12.2 Å². The van der Waals surface area contributed by atoms with Crippen LogP contribution in [0.15, 0.2) is 18.2 Å². The number of hydrogen-bond acceptors (Lipinski definition) is 3. The highest BCUT2D eigenvalue weighted by Crippen LogP contribution is 2.34. The molecule has 1 aliphatic heterocycles. The Labute approximate surface area is 109 Å². The van der Waals surface area contributed by atoms with Crippen molar-refractivity contribution in [1.82, 2.24) is 0 Å². The average molecular weight is 258 g/mol. The lowest BCUT2D eigenvalue weighted by atomic mass is 10.1. The van der Waals surface area contributed by atoms with Gasteiger partial charge in [-0.05, 0) is 38.5 Å². The van der Waals surface area contributed by atoms with Crippen molar-refractivity contribution in [3.63, 3.8) is 0 Å². The number of nitrogens with two attached hydrogens (primary N) is 1. The molecule has 0 amide bonds. The summed E-state index contributed by atoms with van der Waals surface area (Å²) >= 11 is 0. The maximum absolute atomic E-state index is 5.85. The fraction of sp³-hybridized carbons (Fsp3) is 0.538. The Morgan fingerprint density at radius 3 is 2.35 bits per heavy atom. The Balaban J connectivity index is 0.00000144. The van der Waals surface area contributed by atoms with E-state index >= 15 is 0 Å². The number of ether oxygens (including phenoxy) is 2. The van der Waals surface area contributed by atoms with E-state index in [1.54, 1.807) is 0 Å². The number of hydrogen-bond donors (Lipinski definition) is 1. The molecule has 0 fully saturated rings. The van der Waals surface area contributed by atoms with Crippen LogP contribution in [-0.4, -0.2) is 12.2 Å². The van der Waals surface area contributed by atoms with Gasteiger partial charge in [0.15, 0.2) is 11.5 Å². The summed E-state index contributed by atoms with van der Waals surface area (Å²) in [6, 6.07) is 5.94. The van der Waals surface area contributed by atoms with Gasteiger partial charge in [0.1, 0.15) is 0 Å². The number of fused-ring (bicyclic) bond motifs is 1. The van der Waals surface area contributed by atoms with E-state index in [2.05, 4.69) is 13.8 Å². The van der Waals surface area contributed by atoms with Gasteiger partial charge in [0.2, 0.25) is 0 Å². The van der Waals surface area contributed by atoms with Gasteiger partial charge >= 0.3 is 0 Å². The third kappa shape index (κ3) is 3.27. The molecule has 2 rings (SSSR count). The minimum Gasteiger partial charge on any atom is -0.487 e. The molecule has 3 atom stereocenters. The van der Waals surface area contributed by atoms with Crippen molar-refractivity contribution in [2.75, 3.05) is 0 Å². The number of benzene rings is 1. The second-order valence-corrected chi connectivity index (χ2v) is 4.59. The zero-order valence-electron chi connectivity index (χ0n) is 10.5. The monoisotopic (exact) mass is 257 g/mol. The van der Waals surface area contributed by atoms with Gasteiger partial charge in [0, 0.05) is 12.5 Å². The van der Waals surface area contributed by atoms with Gasteiger partial charge in [-0.1, -0.05) is 6.07 Å². The van der Waals surface area contributed by atoms with E-state index in [-0.39, 0.29) is 30.7 Å². The lowest BCUT2D eigenvalue weighted by Gasteiger charge is -2.13. The second kappa shape index (κ2) is 5.61. The van der Waals surface area contributed by atoms with Crippen molar-refractivity contribution < 1.29 is 9.47 Å². The highest BCUT2D eigenvalue weighted by atomic mass is 35.5. The van der Waals surface area contributed by atoms with Gasteiger partial charge in [-0.2, -0.15) is 0 Å². The molecule has 17 heavy (non-hydrogen) atoms. The first-order chi connectivity index (χ1) is 7.56. The molecule has 1 aliphatic rings. The molecular formula is C13H20ClNO2. The Bertz CT molecular complexity index is 382. The maximum Gasteiger partial charge on any atom is 0.161 e. The molecule has 0 spiro atoms. The van der Waals surface area contributed by atoms with Gasteiger partial charge in [-0.25, -0.2) is 0 Å². The fourth-order valence-corrected chi connectivity index (χ4v) is 1.99. The summed E-state index contributed by atoms with van der Waals surface area (Å²) in [5.74, 6) is 1.63. The van der Waals surface area contributed by atoms with Crippen molar-refractivity contribution in [2.45, 2.75) is 45.4 Å². The quantitative estimate of drug-likeness (QED) is 0.841. The summed E-state index contributed by atoms with van der Waals surface area (Å²) in [6.45, 7) is 6.09. The van der Waals surface area contributed by atoms with Crippen LogP contribution in [0.4, 0.5) is 0 Å². The molecule has 4 heteroatoms. The molecule has 0 saturated heterocycles. The van der Waals surface area contributed by atoms with E-state index in [0.29, 0.717) is 0 Å². The van der Waals surface area contributed by atoms with Gasteiger partial charge < -0.3 is 15.2 Å². The molecule has 0 bridgehead atoms. The first kappa shape index (κ1) is 14.1. The third-order valence-corrected chi connectivity index (χ3v) is 2.81. The Morgan fingerprint density at radius 2 is 1.76 bits per heavy atom. The van der Waals surface area contributed by atoms with Crippen LogP contribution >= 0.6 is 12.4 Å². The molecule has 3 nitrogen and oxygen atoms in total. The first-order valence-electron chi connectivity index (χ1n) is 5.79. The summed E-state index contributed by atoms with van der Waals surface area (Å²) in [4.78, 5) is 0. The van der Waals surface area contributed by atoms with E-state index in [1.807, 2.05) is 25.1 Å². The molecule has 2 N–H and O–H groups in total. The van der Waals surface area contributed by atoms with Crippen LogP contribution in [0.5, 0.6) is 11.5 Å². The van der Waals surface area contributed by atoms with E-state index in [1.165, 1.54) is 0 Å². The molecule has 1 aromatic carbocycles. The van der Waals surface area contributed by atoms with Gasteiger partial charge in [-0.15, -0.1) is 12.4 Å². The Kier molecular flexibility index (Phi) is 4.66. The standard InChI is InChI=1S/C13H19NO2.ClH/c1-8-6-9(2)16-13-7-11(10(3)14)4-5-12(13)15-8;/h4-5,7-10H,6,14H2,1-3H3;1H. The van der Waals surface area contributed by atoms with Crippen LogP contribution < -0.4 is 15.2 Å². The lowest BCUT2D eigenvalue weighted by Crippen LogP contribution is -2.18. The molecule has 0 aliphatic carbocycles. The van der Waals surface area contributed by atoms with Crippen LogP contribution in [0.2, 0.25) is 0 Å². The molecule has 1 heterocycles. The SMILES string of the molecule is CC1CC(C)Oc2cc(C(C)N)ccc2O1.Cl. The summed E-state index contributed by atoms with van der Waals surface area (Å²) < 4.78 is 11.6. The van der Waals surface area contributed by atoms with Crippen molar-refractivity contribution in [1.29, 1.82) is 0 Å². The van der Waals surface area contributed by atoms with E-state index in [0.717, 1.165) is 23.5 Å². The van der Waals surface area contributed by atoms with Crippen molar-refractivity contribution in [3.8, 4) is 11.5 Å². The highest BCUT2D eigenvalue weighted by Gasteiger charge is 2.20. The van der Waals surface area contributed by atoms with Crippen molar-refractivity contribution in [3.05, 3.63) is 23.8 Å². The summed E-state index contributed by atoms with van der Waals surface area (Å²) in [6.07, 6.45) is 1.28. The lowest BCUT2D eigenvalue weighted by molar-refractivity contribution is 0.168. The van der Waals surface area contributed by atoms with E-state index in [9.17, 15) is 0 Å². The molecule has 1 aromatic rings. The summed E-state index contributed by atoms with van der Waals surface area (Å²) in [5, 5.41) is 0. The minimum atomic E-state index is 0. The molecule has 0 saturated carbocycles. The fourth-order valence-electron chi connectivity index (χ4n) is 1.99. The molecule has 0 radical (unpaired) electrons. The van der Waals surface area contributed by atoms with Crippen LogP contribution in [-0.2, 0) is 0 Å². The molecule has 96 valence electrons. The largest absolute Gasteiger partial charge is 0.487 e. The molecule has 0 aromatic heterocycles. The van der Waals surface area contributed by atoms with Crippen molar-refractivity contribution >= 4 is 12.4 Å². The van der Waals surface area contributed by atoms with Crippen LogP contribution in [0.25, 0.3) is 0 Å². The second-order valence-electron chi connectivity index (χ2n) is 4.59. The highest BCUT2D eigenvalue weighted by molar-refractivity contribution is 5.85. The third-order valence-electron chi connectivity index (χ3n) is 2.81. The smallest absolute Gasteiger partial charge is 0.161 e. The molecule has 3 unspecified atom stereocenters. The summed E-state index contributed by atoms with van der Waals surface area (Å²) in [7, 11) is 0. The minimum absolute atomic E-state index is 0. The van der Waals surface area contributed by atoms with E-state index in [4.69, 9.17) is 15.2 Å². The normalized spacial score (nSPS) is 24.5. The topological polar surface area (TPSA) is 44.5 Å². The average Bonchev–Trinajstić information content (AvgIpc) is 2.32. The van der Waals surface area contributed by atoms with Crippen LogP contribution in [0.1, 0.15) is 38.8 Å².